The highest BCUT2D eigenvalue weighted by atomic mass is 35.5. The van der Waals surface area contributed by atoms with E-state index >= 15 is 0 Å². The molecule has 0 aliphatic heterocycles. The fourth-order valence-electron chi connectivity index (χ4n) is 1.54. The first-order valence-electron chi connectivity index (χ1n) is 5.19. The molecule has 1 aromatic rings. The quantitative estimate of drug-likeness (QED) is 0.477. The number of benzene rings is 1. The third-order valence-corrected chi connectivity index (χ3v) is 3.28. The van der Waals surface area contributed by atoms with Gasteiger partial charge in [-0.2, -0.15) is 0 Å². The Kier molecular flexibility index (Phi) is 3.50. The van der Waals surface area contributed by atoms with Crippen molar-refractivity contribution in [1.29, 1.82) is 0 Å². The molecule has 0 spiro atoms. The van der Waals surface area contributed by atoms with Gasteiger partial charge in [0.25, 0.3) is 0 Å². The van der Waals surface area contributed by atoms with E-state index in [9.17, 15) is 14.0 Å². The molecule has 0 aromatic heterocycles. The van der Waals surface area contributed by atoms with Gasteiger partial charge in [0, 0.05) is 11.5 Å². The Hall–Kier alpha value is -0.930. The average Bonchev–Trinajstić information content (AvgIpc) is 3.06. The van der Waals surface area contributed by atoms with Crippen LogP contribution in [-0.4, -0.2) is 11.6 Å². The van der Waals surface area contributed by atoms with Crippen LogP contribution in [0, 0.1) is 11.7 Å². The van der Waals surface area contributed by atoms with Crippen LogP contribution in [0.25, 0.3) is 0 Å². The van der Waals surface area contributed by atoms with E-state index in [1.165, 1.54) is 6.07 Å². The maximum absolute atomic E-state index is 13.2. The van der Waals surface area contributed by atoms with Crippen LogP contribution in [0.3, 0.4) is 0 Å². The van der Waals surface area contributed by atoms with Crippen LogP contribution in [0.5, 0.6) is 0 Å². The normalized spacial score (nSPS) is 14.8. The van der Waals surface area contributed by atoms with Crippen molar-refractivity contribution in [2.45, 2.75) is 19.3 Å². The van der Waals surface area contributed by atoms with Gasteiger partial charge in [0.05, 0.1) is 16.5 Å². The zero-order valence-corrected chi connectivity index (χ0v) is 10.3. The fraction of sp³-hybridized carbons (Fsp3) is 0.333. The second kappa shape index (κ2) is 4.75. The molecular formula is C12H9Cl2FO2. The molecule has 1 aliphatic rings. The number of carbonyl (C=O) groups excluding carboxylic acids is 2. The maximum Gasteiger partial charge on any atom is 0.171 e. The Morgan fingerprint density at radius 3 is 2.47 bits per heavy atom. The lowest BCUT2D eigenvalue weighted by Gasteiger charge is -2.04. The summed E-state index contributed by atoms with van der Waals surface area (Å²) in [5, 5.41) is -0.0648. The van der Waals surface area contributed by atoms with Crippen LogP contribution >= 0.6 is 23.2 Å². The average molecular weight is 275 g/mol. The van der Waals surface area contributed by atoms with Gasteiger partial charge in [-0.15, -0.1) is 0 Å². The van der Waals surface area contributed by atoms with E-state index in [1.54, 1.807) is 0 Å². The summed E-state index contributed by atoms with van der Waals surface area (Å²) in [7, 11) is 0. The van der Waals surface area contributed by atoms with Crippen molar-refractivity contribution in [3.63, 3.8) is 0 Å². The number of ketones is 2. The summed E-state index contributed by atoms with van der Waals surface area (Å²) in [4.78, 5) is 23.2. The van der Waals surface area contributed by atoms with Gasteiger partial charge in [-0.05, 0) is 25.0 Å². The molecule has 0 unspecified atom stereocenters. The molecule has 0 N–H and O–H groups in total. The van der Waals surface area contributed by atoms with Crippen molar-refractivity contribution in [3.8, 4) is 0 Å². The molecule has 2 rings (SSSR count). The first-order chi connectivity index (χ1) is 7.99. The number of carbonyl (C=O) groups is 2. The smallest absolute Gasteiger partial charge is 0.171 e. The molecule has 90 valence electrons. The van der Waals surface area contributed by atoms with Crippen LogP contribution in [0.1, 0.15) is 29.6 Å². The summed E-state index contributed by atoms with van der Waals surface area (Å²) in [5.74, 6) is -1.25. The molecule has 0 atom stereocenters. The number of rotatable bonds is 4. The van der Waals surface area contributed by atoms with Crippen molar-refractivity contribution in [2.75, 3.05) is 0 Å². The standard InChI is InChI=1S/C12H9Cl2FO2/c13-8-4-9(14)10(15)3-7(8)12(17)5-11(16)6-1-2-6/h3-4,6H,1-2,5H2. The van der Waals surface area contributed by atoms with Gasteiger partial charge >= 0.3 is 0 Å². The predicted molar refractivity (Wildman–Crippen MR) is 63.1 cm³/mol. The van der Waals surface area contributed by atoms with E-state index in [2.05, 4.69) is 0 Å². The molecule has 1 aromatic carbocycles. The van der Waals surface area contributed by atoms with Gasteiger partial charge < -0.3 is 0 Å². The largest absolute Gasteiger partial charge is 0.299 e. The van der Waals surface area contributed by atoms with Crippen LogP contribution in [0.4, 0.5) is 4.39 Å². The lowest BCUT2D eigenvalue weighted by molar-refractivity contribution is -0.119. The second-order valence-electron chi connectivity index (χ2n) is 4.09. The van der Waals surface area contributed by atoms with Gasteiger partial charge in [0.15, 0.2) is 5.78 Å². The zero-order valence-electron chi connectivity index (χ0n) is 8.80. The minimum absolute atomic E-state index is 0.00914. The highest BCUT2D eigenvalue weighted by molar-refractivity contribution is 6.37. The minimum Gasteiger partial charge on any atom is -0.299 e. The molecule has 1 saturated carbocycles. The van der Waals surface area contributed by atoms with Crippen LogP contribution in [-0.2, 0) is 4.79 Å². The van der Waals surface area contributed by atoms with E-state index in [1.807, 2.05) is 0 Å². The highest BCUT2D eigenvalue weighted by Gasteiger charge is 2.31. The summed E-state index contributed by atoms with van der Waals surface area (Å²) >= 11 is 11.3. The maximum atomic E-state index is 13.2. The Balaban J connectivity index is 2.18. The topological polar surface area (TPSA) is 34.1 Å². The first kappa shape index (κ1) is 12.5. The van der Waals surface area contributed by atoms with Gasteiger partial charge in [-0.1, -0.05) is 23.2 Å². The Labute approximate surface area is 108 Å². The molecular weight excluding hydrogens is 266 g/mol. The first-order valence-corrected chi connectivity index (χ1v) is 5.95. The molecule has 1 aliphatic carbocycles. The Morgan fingerprint density at radius 1 is 1.24 bits per heavy atom. The summed E-state index contributed by atoms with van der Waals surface area (Å²) in [6, 6.07) is 2.15. The number of halogens is 3. The van der Waals surface area contributed by atoms with Gasteiger partial charge in [-0.25, -0.2) is 4.39 Å². The molecule has 0 radical (unpaired) electrons. The molecule has 1 fully saturated rings. The zero-order chi connectivity index (χ0) is 12.6. The summed E-state index contributed by atoms with van der Waals surface area (Å²) in [6.07, 6.45) is 1.47. The summed E-state index contributed by atoms with van der Waals surface area (Å²) < 4.78 is 13.2. The second-order valence-corrected chi connectivity index (χ2v) is 4.90. The molecule has 0 saturated heterocycles. The van der Waals surface area contributed by atoms with E-state index in [0.717, 1.165) is 18.9 Å². The van der Waals surface area contributed by atoms with Crippen LogP contribution in [0.2, 0.25) is 10.0 Å². The molecule has 5 heteroatoms. The van der Waals surface area contributed by atoms with Crippen molar-refractivity contribution in [3.05, 3.63) is 33.6 Å². The van der Waals surface area contributed by atoms with Gasteiger partial charge in [-0.3, -0.25) is 9.59 Å². The SMILES string of the molecule is O=C(CC(=O)C1CC1)c1cc(F)c(Cl)cc1Cl. The lowest BCUT2D eigenvalue weighted by Crippen LogP contribution is -2.10. The van der Waals surface area contributed by atoms with Gasteiger partial charge in [0.2, 0.25) is 0 Å². The molecule has 0 bridgehead atoms. The molecule has 17 heavy (non-hydrogen) atoms. The van der Waals surface area contributed by atoms with Crippen molar-refractivity contribution >= 4 is 34.8 Å². The monoisotopic (exact) mass is 274 g/mol. The van der Waals surface area contributed by atoms with Crippen molar-refractivity contribution in [1.82, 2.24) is 0 Å². The number of Topliss-reactive ketones (excluding diaryl/α,β-unsaturated/α-hetero) is 2. The Bertz CT molecular complexity index is 496. The minimum atomic E-state index is -0.710. The third-order valence-electron chi connectivity index (χ3n) is 2.68. The molecule has 0 amide bonds. The fourth-order valence-corrected chi connectivity index (χ4v) is 2.03. The highest BCUT2D eigenvalue weighted by Crippen LogP contribution is 2.32. The third kappa shape index (κ3) is 2.85. The van der Waals surface area contributed by atoms with E-state index < -0.39 is 11.6 Å². The van der Waals surface area contributed by atoms with Crippen molar-refractivity contribution in [2.24, 2.45) is 5.92 Å². The van der Waals surface area contributed by atoms with E-state index in [-0.39, 0.29) is 33.7 Å². The van der Waals surface area contributed by atoms with E-state index in [4.69, 9.17) is 23.2 Å². The molecule has 2 nitrogen and oxygen atoms in total. The van der Waals surface area contributed by atoms with Crippen molar-refractivity contribution < 1.29 is 14.0 Å². The number of hydrogen-bond donors (Lipinski definition) is 0. The Morgan fingerprint density at radius 2 is 1.88 bits per heavy atom. The number of hydrogen-bond acceptors (Lipinski definition) is 2. The lowest BCUT2D eigenvalue weighted by atomic mass is 10.0. The van der Waals surface area contributed by atoms with Crippen LogP contribution in [0.15, 0.2) is 12.1 Å². The van der Waals surface area contributed by atoms with Gasteiger partial charge in [0.1, 0.15) is 11.6 Å². The van der Waals surface area contributed by atoms with Crippen LogP contribution < -0.4 is 0 Å². The van der Waals surface area contributed by atoms with E-state index in [0.29, 0.717) is 0 Å². The summed E-state index contributed by atoms with van der Waals surface area (Å²) in [6.45, 7) is 0. The summed E-state index contributed by atoms with van der Waals surface area (Å²) in [5.41, 5.74) is 0.0163. The predicted octanol–water partition coefficient (Wildman–Crippen LogP) is 3.68. The molecule has 0 heterocycles.